The van der Waals surface area contributed by atoms with E-state index < -0.39 is 0 Å². The van der Waals surface area contributed by atoms with Crippen molar-refractivity contribution in [2.24, 2.45) is 11.7 Å². The van der Waals surface area contributed by atoms with Gasteiger partial charge >= 0.3 is 0 Å². The Bertz CT molecular complexity index is 298. The molecule has 0 saturated heterocycles. The molecule has 1 unspecified atom stereocenters. The smallest absolute Gasteiger partial charge is 0.0989 e. The molecule has 1 aliphatic carbocycles. The predicted molar refractivity (Wildman–Crippen MR) is 39.7 cm³/mol. The van der Waals surface area contributed by atoms with E-state index in [0.29, 0.717) is 17.7 Å². The number of hydrogen-bond donors (Lipinski definition) is 1. The molecule has 0 saturated carbocycles. The fourth-order valence-corrected chi connectivity index (χ4v) is 0.989. The van der Waals surface area contributed by atoms with Gasteiger partial charge in [0.15, 0.2) is 0 Å². The van der Waals surface area contributed by atoms with E-state index in [4.69, 9.17) is 16.3 Å². The molecule has 3 nitrogen and oxygen atoms in total. The highest BCUT2D eigenvalue weighted by Gasteiger charge is 2.11. The Balaban J connectivity index is 2.90. The number of nitrogens with zero attached hydrogens (tertiary/aromatic N) is 2. The third-order valence-corrected chi connectivity index (χ3v) is 1.47. The number of hydrogen-bond acceptors (Lipinski definition) is 3. The molecule has 2 N–H and O–H groups in total. The van der Waals surface area contributed by atoms with E-state index in [0.717, 1.165) is 0 Å². The second kappa shape index (κ2) is 2.90. The van der Waals surface area contributed by atoms with E-state index in [1.807, 2.05) is 6.07 Å². The number of nitrogens with two attached hydrogens (primary N) is 1. The molecule has 0 radical (unpaired) electrons. The van der Waals surface area contributed by atoms with E-state index in [2.05, 4.69) is 6.07 Å². The van der Waals surface area contributed by atoms with Gasteiger partial charge in [0.2, 0.25) is 0 Å². The van der Waals surface area contributed by atoms with Crippen LogP contribution in [0.1, 0.15) is 6.42 Å². The van der Waals surface area contributed by atoms with Crippen molar-refractivity contribution >= 4 is 0 Å². The first kappa shape index (κ1) is 7.37. The number of nitriles is 2. The number of allylic oxidation sites excluding steroid dienone is 4. The van der Waals surface area contributed by atoms with Crippen LogP contribution in [-0.4, -0.2) is 0 Å². The molecule has 0 heterocycles. The second-order valence-corrected chi connectivity index (χ2v) is 2.39. The van der Waals surface area contributed by atoms with Crippen molar-refractivity contribution in [3.05, 3.63) is 23.4 Å². The van der Waals surface area contributed by atoms with E-state index in [1.165, 1.54) is 0 Å². The van der Waals surface area contributed by atoms with Gasteiger partial charge in [-0.15, -0.1) is 0 Å². The molecular formula is C8H7N3. The first-order valence-corrected chi connectivity index (χ1v) is 3.24. The van der Waals surface area contributed by atoms with Crippen LogP contribution in [-0.2, 0) is 0 Å². The Kier molecular flexibility index (Phi) is 1.94. The summed E-state index contributed by atoms with van der Waals surface area (Å²) in [6, 6.07) is 4.00. The summed E-state index contributed by atoms with van der Waals surface area (Å²) in [5, 5.41) is 17.0. The van der Waals surface area contributed by atoms with Crippen LogP contribution in [0.4, 0.5) is 0 Å². The van der Waals surface area contributed by atoms with Crippen molar-refractivity contribution < 1.29 is 0 Å². The summed E-state index contributed by atoms with van der Waals surface area (Å²) < 4.78 is 0. The van der Waals surface area contributed by atoms with Crippen LogP contribution >= 0.6 is 0 Å². The third-order valence-electron chi connectivity index (χ3n) is 1.47. The molecule has 54 valence electrons. The first-order valence-electron chi connectivity index (χ1n) is 3.24. The van der Waals surface area contributed by atoms with Gasteiger partial charge in [-0.3, -0.25) is 0 Å². The summed E-state index contributed by atoms with van der Waals surface area (Å²) in [7, 11) is 0. The molecule has 0 aliphatic heterocycles. The van der Waals surface area contributed by atoms with Crippen LogP contribution in [0, 0.1) is 28.6 Å². The van der Waals surface area contributed by atoms with Gasteiger partial charge in [0.05, 0.1) is 23.6 Å². The molecule has 3 heteroatoms. The Morgan fingerprint density at radius 1 is 1.55 bits per heavy atom. The van der Waals surface area contributed by atoms with Gasteiger partial charge < -0.3 is 5.73 Å². The first-order chi connectivity index (χ1) is 5.26. The minimum Gasteiger partial charge on any atom is -0.402 e. The number of rotatable bonds is 0. The Morgan fingerprint density at radius 3 is 2.82 bits per heavy atom. The molecule has 0 amide bonds. The standard InChI is InChI=1S/C8H7N3/c9-4-6-1-7(5-10)3-8(11)2-6/h1-2,7H,3,11H2. The summed E-state index contributed by atoms with van der Waals surface area (Å²) >= 11 is 0. The average Bonchev–Trinajstić information content (AvgIpc) is 2.03. The summed E-state index contributed by atoms with van der Waals surface area (Å²) in [5.41, 5.74) is 6.58. The molecule has 1 aliphatic rings. The quantitative estimate of drug-likeness (QED) is 0.548. The van der Waals surface area contributed by atoms with Crippen LogP contribution in [0.3, 0.4) is 0 Å². The fraction of sp³-hybridized carbons (Fsp3) is 0.250. The molecular weight excluding hydrogens is 138 g/mol. The molecule has 11 heavy (non-hydrogen) atoms. The lowest BCUT2D eigenvalue weighted by molar-refractivity contribution is 0.783. The van der Waals surface area contributed by atoms with Crippen LogP contribution in [0.25, 0.3) is 0 Å². The van der Waals surface area contributed by atoms with E-state index in [-0.39, 0.29) is 5.92 Å². The monoisotopic (exact) mass is 145 g/mol. The van der Waals surface area contributed by atoms with Gasteiger partial charge in [-0.1, -0.05) is 0 Å². The molecule has 0 fully saturated rings. The normalized spacial score (nSPS) is 22.5. The van der Waals surface area contributed by atoms with Gasteiger partial charge in [0, 0.05) is 12.1 Å². The molecule has 0 aromatic heterocycles. The lowest BCUT2D eigenvalue weighted by atomic mass is 9.96. The summed E-state index contributed by atoms with van der Waals surface area (Å²) in [4.78, 5) is 0. The maximum atomic E-state index is 8.54. The van der Waals surface area contributed by atoms with Crippen molar-refractivity contribution in [3.63, 3.8) is 0 Å². The van der Waals surface area contributed by atoms with Crippen molar-refractivity contribution in [2.45, 2.75) is 6.42 Å². The van der Waals surface area contributed by atoms with Crippen molar-refractivity contribution in [1.29, 1.82) is 10.5 Å². The van der Waals surface area contributed by atoms with E-state index in [9.17, 15) is 0 Å². The van der Waals surface area contributed by atoms with Gasteiger partial charge in [-0.2, -0.15) is 10.5 Å². The Labute approximate surface area is 65.0 Å². The topological polar surface area (TPSA) is 73.6 Å². The van der Waals surface area contributed by atoms with Crippen LogP contribution in [0.2, 0.25) is 0 Å². The van der Waals surface area contributed by atoms with Crippen molar-refractivity contribution in [3.8, 4) is 12.1 Å². The zero-order valence-corrected chi connectivity index (χ0v) is 5.91. The summed E-state index contributed by atoms with van der Waals surface area (Å²) in [6.07, 6.45) is 3.78. The molecule has 1 atom stereocenters. The molecule has 0 spiro atoms. The summed E-state index contributed by atoms with van der Waals surface area (Å²) in [6.45, 7) is 0. The maximum absolute atomic E-state index is 8.54. The highest BCUT2D eigenvalue weighted by Crippen LogP contribution is 2.18. The van der Waals surface area contributed by atoms with Crippen molar-refractivity contribution in [1.82, 2.24) is 0 Å². The lowest BCUT2D eigenvalue weighted by Crippen LogP contribution is -2.08. The Morgan fingerprint density at radius 2 is 2.27 bits per heavy atom. The highest BCUT2D eigenvalue weighted by molar-refractivity contribution is 5.39. The van der Waals surface area contributed by atoms with E-state index in [1.54, 1.807) is 12.2 Å². The summed E-state index contributed by atoms with van der Waals surface area (Å²) in [5.74, 6) is -0.227. The van der Waals surface area contributed by atoms with E-state index >= 15 is 0 Å². The highest BCUT2D eigenvalue weighted by atomic mass is 14.6. The lowest BCUT2D eigenvalue weighted by Gasteiger charge is -2.09. The second-order valence-electron chi connectivity index (χ2n) is 2.39. The van der Waals surface area contributed by atoms with Crippen LogP contribution < -0.4 is 5.73 Å². The average molecular weight is 145 g/mol. The predicted octanol–water partition coefficient (Wildman–Crippen LogP) is 0.822. The molecule has 0 aromatic rings. The van der Waals surface area contributed by atoms with Crippen LogP contribution in [0.5, 0.6) is 0 Å². The Hall–Kier alpha value is -1.74. The zero-order valence-electron chi connectivity index (χ0n) is 5.91. The minimum atomic E-state index is -0.227. The van der Waals surface area contributed by atoms with Crippen molar-refractivity contribution in [2.75, 3.05) is 0 Å². The molecule has 0 aromatic carbocycles. The maximum Gasteiger partial charge on any atom is 0.0989 e. The molecule has 0 bridgehead atoms. The SMILES string of the molecule is N#CC1=CC(C#N)CC(N)=C1. The third kappa shape index (κ3) is 1.59. The van der Waals surface area contributed by atoms with Gasteiger partial charge in [-0.05, 0) is 12.2 Å². The fourth-order valence-electron chi connectivity index (χ4n) is 0.989. The van der Waals surface area contributed by atoms with Crippen LogP contribution in [0.15, 0.2) is 23.4 Å². The zero-order chi connectivity index (χ0) is 8.27. The van der Waals surface area contributed by atoms with Gasteiger partial charge in [0.1, 0.15) is 0 Å². The largest absolute Gasteiger partial charge is 0.402 e. The minimum absolute atomic E-state index is 0.227. The molecule has 1 rings (SSSR count). The van der Waals surface area contributed by atoms with Gasteiger partial charge in [0.25, 0.3) is 0 Å². The van der Waals surface area contributed by atoms with Gasteiger partial charge in [-0.25, -0.2) is 0 Å².